The minimum absolute atomic E-state index is 0.116. The first-order valence-electron chi connectivity index (χ1n) is 13.0. The predicted molar refractivity (Wildman–Crippen MR) is 128 cm³/mol. The molecular weight excluding hydrogens is 430 g/mol. The van der Waals surface area contributed by atoms with Crippen LogP contribution in [0.3, 0.4) is 0 Å². The van der Waals surface area contributed by atoms with Crippen LogP contribution in [0.15, 0.2) is 23.3 Å². The molecule has 0 unspecified atom stereocenters. The molecule has 5 aliphatic rings. The van der Waals surface area contributed by atoms with Gasteiger partial charge in [0.05, 0.1) is 12.5 Å². The summed E-state index contributed by atoms with van der Waals surface area (Å²) in [5.41, 5.74) is 14.3. The Labute approximate surface area is 202 Å². The predicted octanol–water partition coefficient (Wildman–Crippen LogP) is 2.74. The number of carbonyl (C=O) groups is 3. The lowest BCUT2D eigenvalue weighted by Gasteiger charge is -2.60. The van der Waals surface area contributed by atoms with E-state index < -0.39 is 11.9 Å². The molecule has 186 valence electrons. The molecular formula is C27H39N3O4. The Balaban J connectivity index is 1.27. The summed E-state index contributed by atoms with van der Waals surface area (Å²) in [7, 11) is 0. The highest BCUT2D eigenvalue weighted by atomic mass is 16.5. The van der Waals surface area contributed by atoms with Crippen LogP contribution in [-0.2, 0) is 19.1 Å². The Morgan fingerprint density at radius 3 is 2.71 bits per heavy atom. The van der Waals surface area contributed by atoms with Crippen molar-refractivity contribution in [2.24, 2.45) is 46.0 Å². The highest BCUT2D eigenvalue weighted by Crippen LogP contribution is 2.66. The largest absolute Gasteiger partial charge is 0.458 e. The molecule has 3 saturated carbocycles. The summed E-state index contributed by atoms with van der Waals surface area (Å²) in [5, 5.41) is 3.10. The van der Waals surface area contributed by atoms with Gasteiger partial charge < -0.3 is 21.5 Å². The van der Waals surface area contributed by atoms with Gasteiger partial charge in [-0.25, -0.2) is 4.79 Å². The monoisotopic (exact) mass is 469 g/mol. The number of esters is 1. The first-order chi connectivity index (χ1) is 16.1. The van der Waals surface area contributed by atoms with Gasteiger partial charge in [-0.05, 0) is 91.4 Å². The second-order valence-corrected chi connectivity index (χ2v) is 12.0. The number of fused-ring (bicyclic) bond motifs is 5. The van der Waals surface area contributed by atoms with Gasteiger partial charge in [0.25, 0.3) is 0 Å². The number of nitrogens with two attached hydrogens (primary N) is 2. The third-order valence-electron chi connectivity index (χ3n) is 10.3. The van der Waals surface area contributed by atoms with Crippen molar-refractivity contribution in [3.63, 3.8) is 0 Å². The van der Waals surface area contributed by atoms with Crippen molar-refractivity contribution in [3.8, 4) is 0 Å². The van der Waals surface area contributed by atoms with Gasteiger partial charge in [0.1, 0.15) is 6.61 Å². The number of cyclic esters (lactones) is 1. The Morgan fingerprint density at radius 2 is 2.00 bits per heavy atom. The summed E-state index contributed by atoms with van der Waals surface area (Å²) in [6.07, 6.45) is 13.0. The fourth-order valence-corrected chi connectivity index (χ4v) is 8.49. The fraction of sp³-hybridized carbons (Fsp3) is 0.741. The van der Waals surface area contributed by atoms with Crippen molar-refractivity contribution in [3.05, 3.63) is 23.3 Å². The molecule has 1 heterocycles. The molecule has 7 nitrogen and oxygen atoms in total. The SMILES string of the molecule is C[C@]12CC[C@H](NC(=O)[C@@H](N)CC(N)=O)C[C@H]1CC[C@H]1C3=CC[C@H](C4=CC(=O)OC4)[C@@]3(C)CC[C@@H]12. The second kappa shape index (κ2) is 8.51. The van der Waals surface area contributed by atoms with Gasteiger partial charge in [0.15, 0.2) is 0 Å². The summed E-state index contributed by atoms with van der Waals surface area (Å²) < 4.78 is 5.25. The molecule has 2 amide bonds. The number of carbonyl (C=O) groups excluding carboxylic acids is 3. The number of nitrogens with one attached hydrogen (secondary N) is 1. The molecule has 1 aliphatic heterocycles. The van der Waals surface area contributed by atoms with Gasteiger partial charge >= 0.3 is 5.97 Å². The van der Waals surface area contributed by atoms with Crippen molar-refractivity contribution in [2.45, 2.75) is 83.7 Å². The molecule has 7 heteroatoms. The van der Waals surface area contributed by atoms with Crippen LogP contribution in [0.4, 0.5) is 0 Å². The summed E-state index contributed by atoms with van der Waals surface area (Å²) in [6.45, 7) is 5.38. The molecule has 0 spiro atoms. The number of primary amides is 1. The van der Waals surface area contributed by atoms with Gasteiger partial charge in [-0.3, -0.25) is 9.59 Å². The summed E-state index contributed by atoms with van der Waals surface area (Å²) in [6, 6.07) is -0.743. The number of allylic oxidation sites excluding steroid dienone is 2. The lowest BCUT2D eigenvalue weighted by Crippen LogP contribution is -2.55. The maximum Gasteiger partial charge on any atom is 0.331 e. The minimum atomic E-state index is -0.865. The summed E-state index contributed by atoms with van der Waals surface area (Å²) in [4.78, 5) is 35.3. The molecule has 5 rings (SSSR count). The normalized spacial score (nSPS) is 41.9. The second-order valence-electron chi connectivity index (χ2n) is 12.0. The van der Waals surface area contributed by atoms with Crippen molar-refractivity contribution in [2.75, 3.05) is 6.61 Å². The quantitative estimate of drug-likeness (QED) is 0.422. The number of hydrogen-bond acceptors (Lipinski definition) is 5. The van der Waals surface area contributed by atoms with E-state index in [2.05, 4.69) is 25.2 Å². The van der Waals surface area contributed by atoms with Crippen LogP contribution in [0.1, 0.15) is 71.6 Å². The van der Waals surface area contributed by atoms with E-state index in [1.807, 2.05) is 0 Å². The number of hydrogen-bond donors (Lipinski definition) is 3. The van der Waals surface area contributed by atoms with Crippen molar-refractivity contribution in [1.29, 1.82) is 0 Å². The van der Waals surface area contributed by atoms with E-state index in [4.69, 9.17) is 16.2 Å². The van der Waals surface area contributed by atoms with Gasteiger partial charge in [-0.15, -0.1) is 0 Å². The van der Waals surface area contributed by atoms with Gasteiger partial charge in [-0.1, -0.05) is 25.5 Å². The molecule has 8 atom stereocenters. The van der Waals surface area contributed by atoms with Crippen molar-refractivity contribution < 1.29 is 19.1 Å². The van der Waals surface area contributed by atoms with E-state index in [9.17, 15) is 14.4 Å². The Morgan fingerprint density at radius 1 is 1.21 bits per heavy atom. The zero-order chi connectivity index (χ0) is 24.3. The molecule has 0 aromatic carbocycles. The number of amides is 2. The highest BCUT2D eigenvalue weighted by Gasteiger charge is 2.58. The highest BCUT2D eigenvalue weighted by molar-refractivity contribution is 5.87. The minimum Gasteiger partial charge on any atom is -0.458 e. The lowest BCUT2D eigenvalue weighted by molar-refractivity contribution is -0.135. The molecule has 0 aromatic heterocycles. The van der Waals surface area contributed by atoms with E-state index in [-0.39, 0.29) is 35.2 Å². The van der Waals surface area contributed by atoms with Crippen molar-refractivity contribution in [1.82, 2.24) is 5.32 Å². The van der Waals surface area contributed by atoms with Crippen LogP contribution in [0.25, 0.3) is 0 Å². The molecule has 0 saturated heterocycles. The summed E-state index contributed by atoms with van der Waals surface area (Å²) in [5.74, 6) is 1.29. The van der Waals surface area contributed by atoms with Gasteiger partial charge in [0, 0.05) is 12.1 Å². The van der Waals surface area contributed by atoms with Crippen LogP contribution < -0.4 is 16.8 Å². The molecule has 5 N–H and O–H groups in total. The van der Waals surface area contributed by atoms with E-state index in [0.29, 0.717) is 30.3 Å². The van der Waals surface area contributed by atoms with E-state index >= 15 is 0 Å². The zero-order valence-electron chi connectivity index (χ0n) is 20.5. The topological polar surface area (TPSA) is 125 Å². The average Bonchev–Trinajstić information content (AvgIpc) is 3.35. The average molecular weight is 470 g/mol. The van der Waals surface area contributed by atoms with Crippen LogP contribution in [0.5, 0.6) is 0 Å². The van der Waals surface area contributed by atoms with Gasteiger partial charge in [0.2, 0.25) is 11.8 Å². The molecule has 0 bridgehead atoms. The summed E-state index contributed by atoms with van der Waals surface area (Å²) >= 11 is 0. The number of rotatable bonds is 5. The smallest absolute Gasteiger partial charge is 0.331 e. The Bertz CT molecular complexity index is 958. The fourth-order valence-electron chi connectivity index (χ4n) is 8.49. The first kappa shape index (κ1) is 23.6. The maximum atomic E-state index is 12.4. The van der Waals surface area contributed by atoms with Crippen LogP contribution in [0.2, 0.25) is 0 Å². The Kier molecular flexibility index (Phi) is 5.90. The first-order valence-corrected chi connectivity index (χ1v) is 13.0. The maximum absolute atomic E-state index is 12.4. The zero-order valence-corrected chi connectivity index (χ0v) is 20.5. The molecule has 3 fully saturated rings. The lowest BCUT2D eigenvalue weighted by atomic mass is 9.45. The Hall–Kier alpha value is -2.15. The van der Waals surface area contributed by atoms with Crippen LogP contribution in [-0.4, -0.2) is 36.5 Å². The van der Waals surface area contributed by atoms with Gasteiger partial charge in [-0.2, -0.15) is 0 Å². The van der Waals surface area contributed by atoms with E-state index in [1.165, 1.54) is 31.3 Å². The molecule has 34 heavy (non-hydrogen) atoms. The molecule has 0 aromatic rings. The van der Waals surface area contributed by atoms with Crippen LogP contribution >= 0.6 is 0 Å². The van der Waals surface area contributed by atoms with E-state index in [1.54, 1.807) is 11.6 Å². The van der Waals surface area contributed by atoms with Crippen molar-refractivity contribution >= 4 is 17.8 Å². The number of ether oxygens (including phenoxy) is 1. The molecule has 4 aliphatic carbocycles. The standard InChI is InChI=1S/C27H39N3O4/c1-26-9-7-17(30-25(33)22(28)13-23(29)31)12-16(26)3-4-18-20-6-5-19(15-11-24(32)34-14-15)27(20,2)10-8-21(18)26/h6,11,16-19,21-22H,3-5,7-10,12-14,28H2,1-2H3,(H2,29,31)(H,30,33)/t16-,17+,18+,19-,21+,22+,26+,27-/m1/s1. The van der Waals surface area contributed by atoms with Crippen LogP contribution in [0, 0.1) is 34.5 Å². The third kappa shape index (κ3) is 3.80. The third-order valence-corrected chi connectivity index (χ3v) is 10.3. The molecule has 0 radical (unpaired) electrons. The van der Waals surface area contributed by atoms with E-state index in [0.717, 1.165) is 25.7 Å².